The third-order valence-electron chi connectivity index (χ3n) is 4.66. The van der Waals surface area contributed by atoms with E-state index < -0.39 is 11.7 Å². The SMILES string of the molecule is CCCCCCCN1CCN(c2ccc(N)c(C(F)(F)F)c2)CC1. The van der Waals surface area contributed by atoms with Crippen LogP contribution in [0.3, 0.4) is 0 Å². The highest BCUT2D eigenvalue weighted by Crippen LogP contribution is 2.36. The van der Waals surface area contributed by atoms with Gasteiger partial charge in [-0.05, 0) is 31.2 Å². The molecule has 1 aromatic rings. The number of nitrogens with two attached hydrogens (primary N) is 1. The van der Waals surface area contributed by atoms with E-state index in [1.807, 2.05) is 4.90 Å². The quantitative estimate of drug-likeness (QED) is 0.589. The largest absolute Gasteiger partial charge is 0.418 e. The van der Waals surface area contributed by atoms with Crippen LogP contribution in [0.15, 0.2) is 18.2 Å². The van der Waals surface area contributed by atoms with Crippen molar-refractivity contribution in [1.29, 1.82) is 0 Å². The second-order valence-electron chi connectivity index (χ2n) is 6.51. The van der Waals surface area contributed by atoms with E-state index in [1.165, 1.54) is 44.2 Å². The summed E-state index contributed by atoms with van der Waals surface area (Å²) in [5.41, 5.74) is 5.13. The van der Waals surface area contributed by atoms with Crippen molar-refractivity contribution in [3.63, 3.8) is 0 Å². The Morgan fingerprint density at radius 1 is 1.00 bits per heavy atom. The van der Waals surface area contributed by atoms with Gasteiger partial charge < -0.3 is 10.6 Å². The summed E-state index contributed by atoms with van der Waals surface area (Å²) < 4.78 is 38.9. The number of rotatable bonds is 7. The molecule has 1 aromatic carbocycles. The zero-order valence-electron chi connectivity index (χ0n) is 14.4. The lowest BCUT2D eigenvalue weighted by molar-refractivity contribution is -0.136. The van der Waals surface area contributed by atoms with Crippen molar-refractivity contribution in [3.05, 3.63) is 23.8 Å². The number of hydrogen-bond donors (Lipinski definition) is 1. The molecule has 1 aliphatic rings. The number of benzene rings is 1. The van der Waals surface area contributed by atoms with Gasteiger partial charge in [0, 0.05) is 37.6 Å². The summed E-state index contributed by atoms with van der Waals surface area (Å²) in [5.74, 6) is 0. The number of halogens is 3. The molecule has 1 heterocycles. The molecule has 0 atom stereocenters. The number of nitrogen functional groups attached to an aromatic ring is 1. The minimum Gasteiger partial charge on any atom is -0.398 e. The Kier molecular flexibility index (Phi) is 6.78. The second kappa shape index (κ2) is 8.60. The number of alkyl halides is 3. The fraction of sp³-hybridized carbons (Fsp3) is 0.667. The molecule has 2 rings (SSSR count). The molecule has 0 unspecified atom stereocenters. The predicted molar refractivity (Wildman–Crippen MR) is 93.3 cm³/mol. The van der Waals surface area contributed by atoms with Gasteiger partial charge in [0.25, 0.3) is 0 Å². The first kappa shape index (κ1) is 18.9. The van der Waals surface area contributed by atoms with E-state index in [0.717, 1.165) is 32.7 Å². The molecular formula is C18H28F3N3. The van der Waals surface area contributed by atoms with Crippen LogP contribution in [0.4, 0.5) is 24.5 Å². The van der Waals surface area contributed by atoms with Crippen molar-refractivity contribution < 1.29 is 13.2 Å². The molecule has 24 heavy (non-hydrogen) atoms. The fourth-order valence-corrected chi connectivity index (χ4v) is 3.16. The van der Waals surface area contributed by atoms with E-state index in [-0.39, 0.29) is 5.69 Å². The lowest BCUT2D eigenvalue weighted by Gasteiger charge is -2.36. The average Bonchev–Trinajstić information content (AvgIpc) is 2.55. The summed E-state index contributed by atoms with van der Waals surface area (Å²) >= 11 is 0. The molecule has 0 spiro atoms. The molecule has 2 N–H and O–H groups in total. The first-order valence-corrected chi connectivity index (χ1v) is 8.86. The third kappa shape index (κ3) is 5.30. The number of hydrogen-bond acceptors (Lipinski definition) is 3. The highest BCUT2D eigenvalue weighted by atomic mass is 19.4. The van der Waals surface area contributed by atoms with E-state index >= 15 is 0 Å². The maximum atomic E-state index is 13.0. The predicted octanol–water partition coefficient (Wildman–Crippen LogP) is 4.38. The minimum absolute atomic E-state index is 0.211. The minimum atomic E-state index is -4.40. The number of anilines is 2. The maximum absolute atomic E-state index is 13.0. The van der Waals surface area contributed by atoms with Gasteiger partial charge in [0.15, 0.2) is 0 Å². The molecule has 0 aromatic heterocycles. The van der Waals surface area contributed by atoms with Gasteiger partial charge in [-0.1, -0.05) is 32.6 Å². The summed E-state index contributed by atoms with van der Waals surface area (Å²) in [7, 11) is 0. The Morgan fingerprint density at radius 3 is 2.29 bits per heavy atom. The van der Waals surface area contributed by atoms with Crippen LogP contribution >= 0.6 is 0 Å². The molecule has 1 aliphatic heterocycles. The molecule has 6 heteroatoms. The smallest absolute Gasteiger partial charge is 0.398 e. The van der Waals surface area contributed by atoms with Crippen LogP contribution in [-0.2, 0) is 6.18 Å². The molecule has 0 radical (unpaired) electrons. The lowest BCUT2D eigenvalue weighted by atomic mass is 10.1. The molecule has 1 saturated heterocycles. The Labute approximate surface area is 142 Å². The maximum Gasteiger partial charge on any atom is 0.418 e. The Morgan fingerprint density at radius 2 is 1.67 bits per heavy atom. The van der Waals surface area contributed by atoms with Crippen LogP contribution in [0, 0.1) is 0 Å². The van der Waals surface area contributed by atoms with Gasteiger partial charge in [-0.15, -0.1) is 0 Å². The van der Waals surface area contributed by atoms with Crippen molar-refractivity contribution in [1.82, 2.24) is 4.90 Å². The number of piperazine rings is 1. The van der Waals surface area contributed by atoms with Crippen molar-refractivity contribution in [2.45, 2.75) is 45.2 Å². The molecule has 0 amide bonds. The molecular weight excluding hydrogens is 315 g/mol. The Hall–Kier alpha value is -1.43. The van der Waals surface area contributed by atoms with Gasteiger partial charge in [-0.3, -0.25) is 4.90 Å². The van der Waals surface area contributed by atoms with Gasteiger partial charge in [-0.25, -0.2) is 0 Å². The van der Waals surface area contributed by atoms with Crippen LogP contribution in [0.5, 0.6) is 0 Å². The molecule has 1 fully saturated rings. The summed E-state index contributed by atoms with van der Waals surface area (Å²) in [6, 6.07) is 4.22. The first-order chi connectivity index (χ1) is 11.4. The van der Waals surface area contributed by atoms with Gasteiger partial charge in [-0.2, -0.15) is 13.2 Å². The standard InChI is InChI=1S/C18H28F3N3/c1-2-3-4-5-6-9-23-10-12-24(13-11-23)15-7-8-17(22)16(14-15)18(19,20)21/h7-8,14H,2-6,9-13,22H2,1H3. The summed E-state index contributed by atoms with van der Waals surface area (Å²) in [6.07, 6.45) is 1.91. The van der Waals surface area contributed by atoms with Crippen molar-refractivity contribution in [3.8, 4) is 0 Å². The zero-order valence-corrected chi connectivity index (χ0v) is 14.4. The summed E-state index contributed by atoms with van der Waals surface area (Å²) in [6.45, 7) is 6.62. The average molecular weight is 343 g/mol. The molecule has 136 valence electrons. The van der Waals surface area contributed by atoms with Crippen LogP contribution in [0.25, 0.3) is 0 Å². The van der Waals surface area contributed by atoms with Gasteiger partial charge in [0.05, 0.1) is 5.56 Å². The van der Waals surface area contributed by atoms with Crippen molar-refractivity contribution >= 4 is 11.4 Å². The van der Waals surface area contributed by atoms with Gasteiger partial charge in [0.1, 0.15) is 0 Å². The first-order valence-electron chi connectivity index (χ1n) is 8.86. The summed E-state index contributed by atoms with van der Waals surface area (Å²) in [5, 5.41) is 0. The normalized spacial score (nSPS) is 16.6. The van der Waals surface area contributed by atoms with E-state index in [1.54, 1.807) is 6.07 Å². The van der Waals surface area contributed by atoms with E-state index in [0.29, 0.717) is 5.69 Å². The third-order valence-corrected chi connectivity index (χ3v) is 4.66. The highest BCUT2D eigenvalue weighted by Gasteiger charge is 2.33. The Balaban J connectivity index is 1.84. The van der Waals surface area contributed by atoms with Crippen LogP contribution in [0.2, 0.25) is 0 Å². The fourth-order valence-electron chi connectivity index (χ4n) is 3.16. The van der Waals surface area contributed by atoms with Gasteiger partial charge >= 0.3 is 6.18 Å². The second-order valence-corrected chi connectivity index (χ2v) is 6.51. The zero-order chi connectivity index (χ0) is 17.6. The molecule has 0 aliphatic carbocycles. The van der Waals surface area contributed by atoms with Crippen LogP contribution in [-0.4, -0.2) is 37.6 Å². The Bertz CT molecular complexity index is 509. The monoisotopic (exact) mass is 343 g/mol. The van der Waals surface area contributed by atoms with E-state index in [4.69, 9.17) is 5.73 Å². The molecule has 0 saturated carbocycles. The number of unbranched alkanes of at least 4 members (excludes halogenated alkanes) is 4. The number of nitrogens with zero attached hydrogens (tertiary/aromatic N) is 2. The van der Waals surface area contributed by atoms with Crippen molar-refractivity contribution in [2.24, 2.45) is 0 Å². The van der Waals surface area contributed by atoms with Crippen LogP contribution in [0.1, 0.15) is 44.6 Å². The van der Waals surface area contributed by atoms with E-state index in [9.17, 15) is 13.2 Å². The lowest BCUT2D eigenvalue weighted by Crippen LogP contribution is -2.46. The highest BCUT2D eigenvalue weighted by molar-refractivity contribution is 5.59. The van der Waals surface area contributed by atoms with Crippen LogP contribution < -0.4 is 10.6 Å². The topological polar surface area (TPSA) is 32.5 Å². The van der Waals surface area contributed by atoms with Crippen molar-refractivity contribution in [2.75, 3.05) is 43.4 Å². The van der Waals surface area contributed by atoms with Gasteiger partial charge in [0.2, 0.25) is 0 Å². The van der Waals surface area contributed by atoms with E-state index in [2.05, 4.69) is 11.8 Å². The summed E-state index contributed by atoms with van der Waals surface area (Å²) in [4.78, 5) is 4.42. The molecule has 3 nitrogen and oxygen atoms in total. The molecule has 0 bridgehead atoms.